The zero-order chi connectivity index (χ0) is 10.7. The van der Waals surface area contributed by atoms with Crippen molar-refractivity contribution in [3.63, 3.8) is 0 Å². The molecule has 1 fully saturated rings. The van der Waals surface area contributed by atoms with Crippen LogP contribution in [0.4, 0.5) is 5.69 Å². The minimum atomic E-state index is -0.316. The van der Waals surface area contributed by atoms with Gasteiger partial charge >= 0.3 is 0 Å². The molecule has 0 atom stereocenters. The van der Waals surface area contributed by atoms with Gasteiger partial charge in [0.25, 0.3) is 5.91 Å². The number of carbonyl (C=O) groups is 2. The molecule has 0 bridgehead atoms. The summed E-state index contributed by atoms with van der Waals surface area (Å²) in [5.74, 6) is -0.565. The quantitative estimate of drug-likeness (QED) is 0.556. The number of para-hydroxylation sites is 1. The molecule has 4 nitrogen and oxygen atoms in total. The van der Waals surface area contributed by atoms with E-state index >= 15 is 0 Å². The van der Waals surface area contributed by atoms with Gasteiger partial charge in [0.15, 0.2) is 0 Å². The monoisotopic (exact) mass is 202 g/mol. The van der Waals surface area contributed by atoms with Crippen molar-refractivity contribution in [1.29, 1.82) is 0 Å². The van der Waals surface area contributed by atoms with E-state index in [-0.39, 0.29) is 18.2 Å². The summed E-state index contributed by atoms with van der Waals surface area (Å²) in [5.41, 5.74) is 1.35. The van der Waals surface area contributed by atoms with Gasteiger partial charge in [-0.05, 0) is 12.1 Å². The number of imide groups is 1. The van der Waals surface area contributed by atoms with Crippen molar-refractivity contribution >= 4 is 17.5 Å². The molecule has 0 saturated carbocycles. The topological polar surface area (TPSA) is 58.2 Å². The molecule has 0 unspecified atom stereocenters. The van der Waals surface area contributed by atoms with Gasteiger partial charge < -0.3 is 5.32 Å². The van der Waals surface area contributed by atoms with Crippen LogP contribution in [-0.4, -0.2) is 11.8 Å². The second-order valence-corrected chi connectivity index (χ2v) is 3.23. The fourth-order valence-corrected chi connectivity index (χ4v) is 1.33. The summed E-state index contributed by atoms with van der Waals surface area (Å²) in [4.78, 5) is 22.0. The zero-order valence-electron chi connectivity index (χ0n) is 7.99. The van der Waals surface area contributed by atoms with Crippen LogP contribution in [0.15, 0.2) is 42.1 Å². The van der Waals surface area contributed by atoms with E-state index in [0.29, 0.717) is 5.57 Å². The summed E-state index contributed by atoms with van der Waals surface area (Å²) in [7, 11) is 0. The summed E-state index contributed by atoms with van der Waals surface area (Å²) in [6.45, 7) is 0. The van der Waals surface area contributed by atoms with Crippen LogP contribution in [0, 0.1) is 0 Å². The van der Waals surface area contributed by atoms with E-state index in [9.17, 15) is 9.59 Å². The number of anilines is 1. The Morgan fingerprint density at radius 3 is 2.53 bits per heavy atom. The molecular weight excluding hydrogens is 192 g/mol. The lowest BCUT2D eigenvalue weighted by Crippen LogP contribution is -2.19. The Balaban J connectivity index is 2.06. The second-order valence-electron chi connectivity index (χ2n) is 3.23. The molecule has 0 radical (unpaired) electrons. The standard InChI is InChI=1S/C11H10N2O2/c14-10-6-8(11(15)13-10)7-12-9-4-2-1-3-5-9/h1-5,7,12H,6H2,(H,13,14,15). The highest BCUT2D eigenvalue weighted by Gasteiger charge is 2.23. The van der Waals surface area contributed by atoms with Crippen molar-refractivity contribution in [2.75, 3.05) is 5.32 Å². The number of benzene rings is 1. The van der Waals surface area contributed by atoms with Gasteiger partial charge in [0.1, 0.15) is 0 Å². The number of hydrogen-bond donors (Lipinski definition) is 2. The van der Waals surface area contributed by atoms with E-state index in [1.54, 1.807) is 6.20 Å². The van der Waals surface area contributed by atoms with Gasteiger partial charge in [-0.3, -0.25) is 14.9 Å². The van der Waals surface area contributed by atoms with E-state index in [4.69, 9.17) is 0 Å². The Morgan fingerprint density at radius 2 is 1.93 bits per heavy atom. The third-order valence-corrected chi connectivity index (χ3v) is 2.08. The lowest BCUT2D eigenvalue weighted by Gasteiger charge is -1.99. The van der Waals surface area contributed by atoms with Crippen molar-refractivity contribution < 1.29 is 9.59 Å². The van der Waals surface area contributed by atoms with Crippen LogP contribution in [0.5, 0.6) is 0 Å². The van der Waals surface area contributed by atoms with Crippen molar-refractivity contribution in [3.8, 4) is 0 Å². The van der Waals surface area contributed by atoms with Crippen LogP contribution in [-0.2, 0) is 9.59 Å². The normalized spacial score (nSPS) is 18.0. The molecule has 1 aliphatic rings. The molecular formula is C11H10N2O2. The molecule has 0 aromatic heterocycles. The van der Waals surface area contributed by atoms with E-state index in [0.717, 1.165) is 5.69 Å². The highest BCUT2D eigenvalue weighted by atomic mass is 16.2. The Kier molecular flexibility index (Phi) is 2.49. The first kappa shape index (κ1) is 9.45. The van der Waals surface area contributed by atoms with Crippen LogP contribution in [0.1, 0.15) is 6.42 Å². The first-order valence-corrected chi connectivity index (χ1v) is 4.60. The minimum absolute atomic E-state index is 0.151. The highest BCUT2D eigenvalue weighted by Crippen LogP contribution is 2.11. The molecule has 2 rings (SSSR count). The SMILES string of the molecule is O=C1CC(=CNc2ccccc2)C(=O)N1. The molecule has 4 heteroatoms. The van der Waals surface area contributed by atoms with Gasteiger partial charge in [-0.15, -0.1) is 0 Å². The Bertz CT molecular complexity index is 423. The summed E-state index contributed by atoms with van der Waals surface area (Å²) < 4.78 is 0. The molecule has 0 spiro atoms. The molecule has 0 aliphatic carbocycles. The fourth-order valence-electron chi connectivity index (χ4n) is 1.33. The molecule has 1 aromatic rings. The van der Waals surface area contributed by atoms with Gasteiger partial charge in [-0.2, -0.15) is 0 Å². The Hall–Kier alpha value is -2.10. The molecule has 2 amide bonds. The molecule has 1 aromatic carbocycles. The fraction of sp³-hybridized carbons (Fsp3) is 0.0909. The number of rotatable bonds is 2. The molecule has 76 valence electrons. The summed E-state index contributed by atoms with van der Waals surface area (Å²) >= 11 is 0. The maximum atomic E-state index is 11.2. The smallest absolute Gasteiger partial charge is 0.255 e. The molecule has 1 heterocycles. The average molecular weight is 202 g/mol. The van der Waals surface area contributed by atoms with Gasteiger partial charge in [-0.25, -0.2) is 0 Å². The predicted molar refractivity (Wildman–Crippen MR) is 55.9 cm³/mol. The summed E-state index contributed by atoms with van der Waals surface area (Å²) in [6.07, 6.45) is 1.72. The van der Waals surface area contributed by atoms with Crippen molar-refractivity contribution in [3.05, 3.63) is 42.1 Å². The first-order valence-electron chi connectivity index (χ1n) is 4.60. The van der Waals surface area contributed by atoms with Gasteiger partial charge in [0, 0.05) is 17.5 Å². The van der Waals surface area contributed by atoms with Crippen LogP contribution >= 0.6 is 0 Å². The van der Waals surface area contributed by atoms with E-state index in [1.807, 2.05) is 30.3 Å². The summed E-state index contributed by atoms with van der Waals surface area (Å²) in [5, 5.41) is 5.18. The summed E-state index contributed by atoms with van der Waals surface area (Å²) in [6, 6.07) is 9.45. The van der Waals surface area contributed by atoms with Crippen molar-refractivity contribution in [2.45, 2.75) is 6.42 Å². The van der Waals surface area contributed by atoms with Gasteiger partial charge in [-0.1, -0.05) is 18.2 Å². The third kappa shape index (κ3) is 2.22. The van der Waals surface area contributed by atoms with Gasteiger partial charge in [0.05, 0.1) is 6.42 Å². The number of amides is 2. The molecule has 1 aliphatic heterocycles. The maximum Gasteiger partial charge on any atom is 0.255 e. The molecule has 1 saturated heterocycles. The number of hydrogen-bond acceptors (Lipinski definition) is 3. The van der Waals surface area contributed by atoms with E-state index in [1.165, 1.54) is 0 Å². The van der Waals surface area contributed by atoms with Crippen LogP contribution in [0.25, 0.3) is 0 Å². The highest BCUT2D eigenvalue weighted by molar-refractivity contribution is 6.13. The number of nitrogens with one attached hydrogen (secondary N) is 2. The van der Waals surface area contributed by atoms with E-state index in [2.05, 4.69) is 10.6 Å². The molecule has 2 N–H and O–H groups in total. The van der Waals surface area contributed by atoms with E-state index < -0.39 is 0 Å². The first-order chi connectivity index (χ1) is 7.25. The molecule has 15 heavy (non-hydrogen) atoms. The Morgan fingerprint density at radius 1 is 1.20 bits per heavy atom. The largest absolute Gasteiger partial charge is 0.361 e. The zero-order valence-corrected chi connectivity index (χ0v) is 7.99. The lowest BCUT2D eigenvalue weighted by atomic mass is 10.2. The maximum absolute atomic E-state index is 11.2. The average Bonchev–Trinajstić information content (AvgIpc) is 2.56. The second kappa shape index (κ2) is 3.96. The van der Waals surface area contributed by atoms with Crippen LogP contribution in [0.2, 0.25) is 0 Å². The van der Waals surface area contributed by atoms with Gasteiger partial charge in [0.2, 0.25) is 5.91 Å². The van der Waals surface area contributed by atoms with Crippen LogP contribution < -0.4 is 10.6 Å². The van der Waals surface area contributed by atoms with Crippen LogP contribution in [0.3, 0.4) is 0 Å². The minimum Gasteiger partial charge on any atom is -0.361 e. The van der Waals surface area contributed by atoms with Crippen molar-refractivity contribution in [1.82, 2.24) is 5.32 Å². The lowest BCUT2D eigenvalue weighted by molar-refractivity contribution is -0.124. The number of carbonyl (C=O) groups excluding carboxylic acids is 2. The third-order valence-electron chi connectivity index (χ3n) is 2.08. The predicted octanol–water partition coefficient (Wildman–Crippen LogP) is 1.03. The Labute approximate surface area is 87.0 Å². The van der Waals surface area contributed by atoms with Crippen molar-refractivity contribution in [2.24, 2.45) is 0 Å².